The molecular weight excluding hydrogens is 340 g/mol. The molecule has 1 aliphatic carbocycles. The second kappa shape index (κ2) is 7.35. The molecule has 1 amide bonds. The van der Waals surface area contributed by atoms with Crippen LogP contribution in [0.2, 0.25) is 0 Å². The molecule has 3 heterocycles. The van der Waals surface area contributed by atoms with Crippen molar-refractivity contribution in [3.63, 3.8) is 0 Å². The van der Waals surface area contributed by atoms with E-state index in [-0.39, 0.29) is 18.0 Å². The van der Waals surface area contributed by atoms with Crippen molar-refractivity contribution in [3.8, 4) is 0 Å². The molecule has 2 N–H and O–H groups in total. The molecule has 1 saturated heterocycles. The van der Waals surface area contributed by atoms with Crippen molar-refractivity contribution in [3.05, 3.63) is 36.7 Å². The Morgan fingerprint density at radius 1 is 1.52 bits per heavy atom. The molecule has 144 valence electrons. The van der Waals surface area contributed by atoms with Crippen molar-refractivity contribution < 1.29 is 9.53 Å². The average Bonchev–Trinajstić information content (AvgIpc) is 3.30. The van der Waals surface area contributed by atoms with Crippen molar-refractivity contribution in [2.24, 2.45) is 5.92 Å². The van der Waals surface area contributed by atoms with Crippen molar-refractivity contribution in [2.45, 2.75) is 44.2 Å². The third kappa shape index (κ3) is 3.46. The van der Waals surface area contributed by atoms with Gasteiger partial charge in [-0.25, -0.2) is 4.98 Å². The molecule has 1 saturated carbocycles. The summed E-state index contributed by atoms with van der Waals surface area (Å²) in [6.45, 7) is 7.25. The Balaban J connectivity index is 1.56. The minimum atomic E-state index is 0.0107. The molecule has 2 aromatic rings. The summed E-state index contributed by atoms with van der Waals surface area (Å²) in [7, 11) is 1.76. The molecular formula is C21H28N4O2. The number of nitrogens with one attached hydrogen (secondary N) is 2. The van der Waals surface area contributed by atoms with Gasteiger partial charge in [0.15, 0.2) is 0 Å². The van der Waals surface area contributed by atoms with Crippen LogP contribution in [0, 0.1) is 5.92 Å². The summed E-state index contributed by atoms with van der Waals surface area (Å²) in [4.78, 5) is 21.9. The van der Waals surface area contributed by atoms with Crippen molar-refractivity contribution in [1.29, 1.82) is 0 Å². The maximum atomic E-state index is 12.1. The number of ether oxygens (including phenoxy) is 1. The Labute approximate surface area is 160 Å². The number of H-pyrrole nitrogens is 1. The zero-order valence-corrected chi connectivity index (χ0v) is 16.1. The monoisotopic (exact) mass is 368 g/mol. The van der Waals surface area contributed by atoms with Gasteiger partial charge in [-0.3, -0.25) is 4.79 Å². The van der Waals surface area contributed by atoms with Gasteiger partial charge in [-0.1, -0.05) is 6.58 Å². The highest BCUT2D eigenvalue weighted by atomic mass is 16.5. The van der Waals surface area contributed by atoms with Gasteiger partial charge in [0.1, 0.15) is 5.65 Å². The summed E-state index contributed by atoms with van der Waals surface area (Å²) in [5.74, 6) is 1.14. The summed E-state index contributed by atoms with van der Waals surface area (Å²) < 4.78 is 5.33. The molecule has 4 rings (SSSR count). The molecule has 2 aromatic heterocycles. The lowest BCUT2D eigenvalue weighted by Crippen LogP contribution is -2.49. The molecule has 27 heavy (non-hydrogen) atoms. The maximum absolute atomic E-state index is 12.1. The number of rotatable bonds is 6. The average molecular weight is 368 g/mol. The van der Waals surface area contributed by atoms with Crippen LogP contribution in [-0.4, -0.2) is 53.1 Å². The highest BCUT2D eigenvalue weighted by Crippen LogP contribution is 2.50. The van der Waals surface area contributed by atoms with E-state index in [0.717, 1.165) is 37.2 Å². The van der Waals surface area contributed by atoms with Crippen LogP contribution < -0.4 is 5.32 Å². The fourth-order valence-electron chi connectivity index (χ4n) is 4.39. The highest BCUT2D eigenvalue weighted by Gasteiger charge is 2.40. The van der Waals surface area contributed by atoms with Crippen LogP contribution in [0.4, 0.5) is 5.69 Å². The SMILES string of the molecule is C=CC(=O)N1C[C@H](Nc2ccnc3[nH]cc([C@H]4C[C@@H]4COC)c23)CC[C@@H]1C. The number of carbonyl (C=O) groups is 1. The quantitative estimate of drug-likeness (QED) is 0.768. The van der Waals surface area contributed by atoms with E-state index in [1.807, 2.05) is 17.2 Å². The number of amides is 1. The largest absolute Gasteiger partial charge is 0.384 e. The third-order valence-electron chi connectivity index (χ3n) is 6.01. The van der Waals surface area contributed by atoms with E-state index in [9.17, 15) is 4.79 Å². The van der Waals surface area contributed by atoms with Crippen LogP contribution in [-0.2, 0) is 9.53 Å². The third-order valence-corrected chi connectivity index (χ3v) is 6.01. The number of methoxy groups -OCH3 is 1. The van der Waals surface area contributed by atoms with Crippen LogP contribution in [0.5, 0.6) is 0 Å². The first kappa shape index (κ1) is 18.0. The Bertz CT molecular complexity index is 846. The van der Waals surface area contributed by atoms with Crippen molar-refractivity contribution >= 4 is 22.6 Å². The molecule has 0 radical (unpaired) electrons. The van der Waals surface area contributed by atoms with Crippen LogP contribution in [0.25, 0.3) is 11.0 Å². The van der Waals surface area contributed by atoms with E-state index in [4.69, 9.17) is 4.74 Å². The Morgan fingerprint density at radius 3 is 3.15 bits per heavy atom. The molecule has 0 spiro atoms. The Kier molecular flexibility index (Phi) is 4.91. The van der Waals surface area contributed by atoms with Crippen molar-refractivity contribution in [1.82, 2.24) is 14.9 Å². The number of aromatic nitrogens is 2. The van der Waals surface area contributed by atoms with Crippen LogP contribution in [0.3, 0.4) is 0 Å². The highest BCUT2D eigenvalue weighted by molar-refractivity contribution is 5.93. The van der Waals surface area contributed by atoms with Gasteiger partial charge in [-0.15, -0.1) is 0 Å². The number of anilines is 1. The van der Waals surface area contributed by atoms with Gasteiger partial charge in [0.25, 0.3) is 0 Å². The normalized spacial score (nSPS) is 27.6. The molecule has 0 unspecified atom stereocenters. The first-order chi connectivity index (χ1) is 13.1. The second-order valence-electron chi connectivity index (χ2n) is 7.85. The second-order valence-corrected chi connectivity index (χ2v) is 7.85. The van der Waals surface area contributed by atoms with Gasteiger partial charge in [0, 0.05) is 55.8 Å². The number of aromatic amines is 1. The number of hydrogen-bond acceptors (Lipinski definition) is 4. The molecule has 0 bridgehead atoms. The summed E-state index contributed by atoms with van der Waals surface area (Å²) in [5, 5.41) is 4.87. The molecule has 6 nitrogen and oxygen atoms in total. The summed E-state index contributed by atoms with van der Waals surface area (Å²) in [6.07, 6.45) is 8.54. The minimum Gasteiger partial charge on any atom is -0.384 e. The fraction of sp³-hybridized carbons (Fsp3) is 0.524. The zero-order chi connectivity index (χ0) is 19.0. The first-order valence-electron chi connectivity index (χ1n) is 9.76. The van der Waals surface area contributed by atoms with E-state index in [0.29, 0.717) is 18.4 Å². The van der Waals surface area contributed by atoms with Gasteiger partial charge in [-0.2, -0.15) is 0 Å². The topological polar surface area (TPSA) is 70.2 Å². The van der Waals surface area contributed by atoms with Crippen molar-refractivity contribution in [2.75, 3.05) is 25.6 Å². The lowest BCUT2D eigenvalue weighted by Gasteiger charge is -2.38. The van der Waals surface area contributed by atoms with Crippen LogP contribution >= 0.6 is 0 Å². The number of nitrogens with zero attached hydrogens (tertiary/aromatic N) is 2. The summed E-state index contributed by atoms with van der Waals surface area (Å²) >= 11 is 0. The van der Waals surface area contributed by atoms with E-state index in [2.05, 4.69) is 35.0 Å². The van der Waals surface area contributed by atoms with Gasteiger partial charge in [0.2, 0.25) is 5.91 Å². The lowest BCUT2D eigenvalue weighted by molar-refractivity contribution is -0.129. The molecule has 2 fully saturated rings. The van der Waals surface area contributed by atoms with Gasteiger partial charge >= 0.3 is 0 Å². The first-order valence-corrected chi connectivity index (χ1v) is 9.76. The van der Waals surface area contributed by atoms with Gasteiger partial charge in [-0.05, 0) is 55.7 Å². The molecule has 6 heteroatoms. The molecule has 0 aromatic carbocycles. The van der Waals surface area contributed by atoms with Crippen LogP contribution in [0.15, 0.2) is 31.1 Å². The molecule has 1 aliphatic heterocycles. The van der Waals surface area contributed by atoms with E-state index in [1.165, 1.54) is 17.0 Å². The molecule has 4 atom stereocenters. The zero-order valence-electron chi connectivity index (χ0n) is 16.1. The predicted molar refractivity (Wildman–Crippen MR) is 107 cm³/mol. The number of piperidine rings is 1. The number of pyridine rings is 1. The number of hydrogen-bond donors (Lipinski definition) is 2. The fourth-order valence-corrected chi connectivity index (χ4v) is 4.39. The summed E-state index contributed by atoms with van der Waals surface area (Å²) in [5.41, 5.74) is 3.34. The van der Waals surface area contributed by atoms with E-state index >= 15 is 0 Å². The smallest absolute Gasteiger partial charge is 0.246 e. The molecule has 2 aliphatic rings. The standard InChI is InChI=1S/C21H28N4O2/c1-4-19(26)25-11-15(6-5-13(25)2)24-18-7-8-22-21-20(18)17(10-23-21)16-9-14(16)12-27-3/h4,7-8,10,13-16H,1,5-6,9,11-12H2,2-3H3,(H2,22,23,24)/t13-,14+,15+,16-/m0/s1. The van der Waals surface area contributed by atoms with Gasteiger partial charge < -0.3 is 19.9 Å². The van der Waals surface area contributed by atoms with E-state index < -0.39 is 0 Å². The lowest BCUT2D eigenvalue weighted by atomic mass is 9.98. The predicted octanol–water partition coefficient (Wildman–Crippen LogP) is 3.29. The Hall–Kier alpha value is -2.34. The summed E-state index contributed by atoms with van der Waals surface area (Å²) in [6, 6.07) is 2.54. The van der Waals surface area contributed by atoms with E-state index in [1.54, 1.807) is 7.11 Å². The number of carbonyl (C=O) groups excluding carboxylic acids is 1. The number of likely N-dealkylation sites (tertiary alicyclic amines) is 1. The maximum Gasteiger partial charge on any atom is 0.246 e. The van der Waals surface area contributed by atoms with Crippen LogP contribution in [0.1, 0.15) is 37.7 Å². The van der Waals surface area contributed by atoms with Gasteiger partial charge in [0.05, 0.1) is 0 Å². The Morgan fingerprint density at radius 2 is 2.37 bits per heavy atom. The number of fused-ring (bicyclic) bond motifs is 1. The minimum absolute atomic E-state index is 0.0107.